The molecule has 2 rings (SSSR count). The molecule has 5 nitrogen and oxygen atoms in total. The summed E-state index contributed by atoms with van der Waals surface area (Å²) in [6.07, 6.45) is 1.08. The van der Waals surface area contributed by atoms with Crippen molar-refractivity contribution in [3.8, 4) is 0 Å². The molecule has 0 saturated carbocycles. The van der Waals surface area contributed by atoms with Crippen LogP contribution in [0.3, 0.4) is 0 Å². The first-order valence-corrected chi connectivity index (χ1v) is 6.88. The molecule has 106 valence electrons. The van der Waals surface area contributed by atoms with Gasteiger partial charge in [0, 0.05) is 37.7 Å². The van der Waals surface area contributed by atoms with E-state index in [4.69, 9.17) is 9.47 Å². The van der Waals surface area contributed by atoms with E-state index in [1.165, 1.54) is 0 Å². The quantitative estimate of drug-likeness (QED) is 0.709. The summed E-state index contributed by atoms with van der Waals surface area (Å²) in [6, 6.07) is 0.419. The molecule has 5 heteroatoms. The predicted molar refractivity (Wildman–Crippen MR) is 69.7 cm³/mol. The lowest BCUT2D eigenvalue weighted by Gasteiger charge is -2.42. The number of nitrogens with zero attached hydrogens (tertiary/aromatic N) is 1. The summed E-state index contributed by atoms with van der Waals surface area (Å²) in [5.41, 5.74) is 0.223. The van der Waals surface area contributed by atoms with Crippen LogP contribution in [0.5, 0.6) is 0 Å². The Kier molecular flexibility index (Phi) is 4.98. The number of morpholine rings is 1. The van der Waals surface area contributed by atoms with Crippen molar-refractivity contribution in [2.75, 3.05) is 53.1 Å². The molecule has 0 aromatic rings. The minimum atomic E-state index is -0.0323. The van der Waals surface area contributed by atoms with Crippen LogP contribution in [0.4, 0.5) is 0 Å². The van der Waals surface area contributed by atoms with Crippen molar-refractivity contribution >= 4 is 0 Å². The van der Waals surface area contributed by atoms with Crippen LogP contribution >= 0.6 is 0 Å². The van der Waals surface area contributed by atoms with Crippen LogP contribution in [-0.4, -0.2) is 75.3 Å². The van der Waals surface area contributed by atoms with Crippen LogP contribution in [0, 0.1) is 5.41 Å². The van der Waals surface area contributed by atoms with Gasteiger partial charge in [-0.05, 0) is 20.4 Å². The lowest BCUT2D eigenvalue weighted by Crippen LogP contribution is -2.54. The minimum absolute atomic E-state index is 0.0323. The van der Waals surface area contributed by atoms with Crippen molar-refractivity contribution in [1.82, 2.24) is 10.2 Å². The van der Waals surface area contributed by atoms with E-state index in [0.717, 1.165) is 39.3 Å². The molecule has 2 aliphatic heterocycles. The zero-order valence-corrected chi connectivity index (χ0v) is 11.5. The van der Waals surface area contributed by atoms with Gasteiger partial charge in [-0.15, -0.1) is 0 Å². The second kappa shape index (κ2) is 6.30. The Balaban J connectivity index is 1.96. The molecular formula is C13H26N2O3. The van der Waals surface area contributed by atoms with E-state index < -0.39 is 0 Å². The highest BCUT2D eigenvalue weighted by Crippen LogP contribution is 2.30. The van der Waals surface area contributed by atoms with Crippen LogP contribution in [0.15, 0.2) is 0 Å². The summed E-state index contributed by atoms with van der Waals surface area (Å²) in [4.78, 5) is 2.44. The predicted octanol–water partition coefficient (Wildman–Crippen LogP) is -0.306. The number of hydrogen-bond acceptors (Lipinski definition) is 5. The van der Waals surface area contributed by atoms with Gasteiger partial charge in [0.05, 0.1) is 25.9 Å². The Bertz CT molecular complexity index is 257. The Labute approximate surface area is 109 Å². The number of aliphatic hydroxyl groups excluding tert-OH is 1. The van der Waals surface area contributed by atoms with Gasteiger partial charge in [-0.3, -0.25) is 4.90 Å². The van der Waals surface area contributed by atoms with Crippen LogP contribution in [0.1, 0.15) is 13.3 Å². The van der Waals surface area contributed by atoms with Crippen LogP contribution in [0.25, 0.3) is 0 Å². The van der Waals surface area contributed by atoms with Crippen molar-refractivity contribution in [2.24, 2.45) is 5.41 Å². The van der Waals surface area contributed by atoms with Crippen molar-refractivity contribution < 1.29 is 14.6 Å². The van der Waals surface area contributed by atoms with Crippen LogP contribution < -0.4 is 5.32 Å². The Morgan fingerprint density at radius 2 is 2.33 bits per heavy atom. The number of nitrogens with one attached hydrogen (secondary N) is 1. The summed E-state index contributed by atoms with van der Waals surface area (Å²) < 4.78 is 11.2. The first-order chi connectivity index (χ1) is 8.69. The summed E-state index contributed by atoms with van der Waals surface area (Å²) in [6.45, 7) is 7.54. The molecule has 0 bridgehead atoms. The van der Waals surface area contributed by atoms with Crippen molar-refractivity contribution in [2.45, 2.75) is 25.5 Å². The zero-order valence-electron chi connectivity index (χ0n) is 11.5. The zero-order chi connectivity index (χ0) is 13.0. The third kappa shape index (κ3) is 3.22. The fraction of sp³-hybridized carbons (Fsp3) is 1.00. The molecule has 0 aromatic carbocycles. The smallest absolute Gasteiger partial charge is 0.0933 e. The van der Waals surface area contributed by atoms with E-state index in [1.54, 1.807) is 0 Å². The summed E-state index contributed by atoms with van der Waals surface area (Å²) in [5, 5.41) is 12.5. The third-order valence-electron chi connectivity index (χ3n) is 4.11. The topological polar surface area (TPSA) is 54.0 Å². The molecule has 0 amide bonds. The van der Waals surface area contributed by atoms with E-state index in [-0.39, 0.29) is 18.1 Å². The van der Waals surface area contributed by atoms with E-state index in [2.05, 4.69) is 17.1 Å². The van der Waals surface area contributed by atoms with Gasteiger partial charge >= 0.3 is 0 Å². The average Bonchev–Trinajstić information content (AvgIpc) is 2.81. The van der Waals surface area contributed by atoms with E-state index >= 15 is 0 Å². The van der Waals surface area contributed by atoms with Gasteiger partial charge in [0.15, 0.2) is 0 Å². The first kappa shape index (κ1) is 14.2. The minimum Gasteiger partial charge on any atom is -0.394 e. The van der Waals surface area contributed by atoms with E-state index in [9.17, 15) is 5.11 Å². The molecule has 0 radical (unpaired) electrons. The Morgan fingerprint density at radius 1 is 1.50 bits per heavy atom. The van der Waals surface area contributed by atoms with Gasteiger partial charge in [-0.25, -0.2) is 0 Å². The summed E-state index contributed by atoms with van der Waals surface area (Å²) in [7, 11) is 2.00. The van der Waals surface area contributed by atoms with Crippen molar-refractivity contribution in [1.29, 1.82) is 0 Å². The maximum Gasteiger partial charge on any atom is 0.0933 e. The molecule has 0 spiro atoms. The van der Waals surface area contributed by atoms with Gasteiger partial charge in [0.2, 0.25) is 0 Å². The number of aliphatic hydroxyl groups is 1. The largest absolute Gasteiger partial charge is 0.394 e. The fourth-order valence-electron chi connectivity index (χ4n) is 2.98. The molecule has 3 unspecified atom stereocenters. The molecule has 2 N–H and O–H groups in total. The lowest BCUT2D eigenvalue weighted by atomic mass is 9.86. The van der Waals surface area contributed by atoms with Crippen LogP contribution in [0.2, 0.25) is 0 Å². The second-order valence-electron chi connectivity index (χ2n) is 5.75. The van der Waals surface area contributed by atoms with Crippen molar-refractivity contribution in [3.63, 3.8) is 0 Å². The summed E-state index contributed by atoms with van der Waals surface area (Å²) in [5.74, 6) is 0. The standard InChI is InChI=1S/C13H26N2O3/c1-11-7-18-12(6-16)5-15(11)9-13(8-14-2)3-4-17-10-13/h11-12,14,16H,3-10H2,1-2H3. The molecule has 18 heavy (non-hydrogen) atoms. The van der Waals surface area contributed by atoms with E-state index in [0.29, 0.717) is 12.6 Å². The van der Waals surface area contributed by atoms with Crippen LogP contribution in [-0.2, 0) is 9.47 Å². The molecule has 0 aromatic heterocycles. The monoisotopic (exact) mass is 258 g/mol. The summed E-state index contributed by atoms with van der Waals surface area (Å²) >= 11 is 0. The molecule has 2 fully saturated rings. The highest BCUT2D eigenvalue weighted by molar-refractivity contribution is 4.91. The Morgan fingerprint density at radius 3 is 2.94 bits per heavy atom. The molecular weight excluding hydrogens is 232 g/mol. The molecule has 2 aliphatic rings. The number of hydrogen-bond donors (Lipinski definition) is 2. The SMILES string of the molecule is CNCC1(CN2CC(CO)OCC2C)CCOC1. The average molecular weight is 258 g/mol. The number of rotatable bonds is 5. The maximum absolute atomic E-state index is 9.23. The lowest BCUT2D eigenvalue weighted by molar-refractivity contribution is -0.0882. The third-order valence-corrected chi connectivity index (χ3v) is 4.11. The number of ether oxygens (including phenoxy) is 2. The van der Waals surface area contributed by atoms with Crippen molar-refractivity contribution in [3.05, 3.63) is 0 Å². The van der Waals surface area contributed by atoms with E-state index in [1.807, 2.05) is 7.05 Å². The first-order valence-electron chi connectivity index (χ1n) is 6.88. The Hall–Kier alpha value is -0.200. The second-order valence-corrected chi connectivity index (χ2v) is 5.75. The molecule has 0 aliphatic carbocycles. The fourth-order valence-corrected chi connectivity index (χ4v) is 2.98. The van der Waals surface area contributed by atoms with Gasteiger partial charge in [0.1, 0.15) is 0 Å². The molecule has 2 saturated heterocycles. The molecule has 3 atom stereocenters. The highest BCUT2D eigenvalue weighted by atomic mass is 16.5. The van der Waals surface area contributed by atoms with Gasteiger partial charge in [-0.2, -0.15) is 0 Å². The van der Waals surface area contributed by atoms with Gasteiger partial charge < -0.3 is 19.9 Å². The highest BCUT2D eigenvalue weighted by Gasteiger charge is 2.38. The maximum atomic E-state index is 9.23. The molecule has 2 heterocycles. The van der Waals surface area contributed by atoms with Gasteiger partial charge in [0.25, 0.3) is 0 Å². The normalized spacial score (nSPS) is 38.2. The van der Waals surface area contributed by atoms with Gasteiger partial charge in [-0.1, -0.05) is 0 Å².